The monoisotopic (exact) mass is 426 g/mol. The maximum atomic E-state index is 12.8. The Morgan fingerprint density at radius 1 is 1.37 bits per heavy atom. The molecule has 158 valence electrons. The van der Waals surface area contributed by atoms with Gasteiger partial charge in [-0.05, 0) is 48.8 Å². The lowest BCUT2D eigenvalue weighted by Crippen LogP contribution is -2.30. The van der Waals surface area contributed by atoms with Crippen molar-refractivity contribution < 1.29 is 9.59 Å². The number of nitrogens with two attached hydrogens (primary N) is 1. The molecule has 2 heterocycles. The van der Waals surface area contributed by atoms with Crippen LogP contribution in [0.15, 0.2) is 52.5 Å². The molecule has 0 atom stereocenters. The van der Waals surface area contributed by atoms with Crippen molar-refractivity contribution >= 4 is 35.7 Å². The molecule has 2 amide bonds. The Balaban J connectivity index is 1.68. The molecule has 0 unspecified atom stereocenters. The van der Waals surface area contributed by atoms with Crippen LogP contribution >= 0.6 is 11.9 Å². The molecule has 0 saturated heterocycles. The summed E-state index contributed by atoms with van der Waals surface area (Å²) in [4.78, 5) is 29.1. The molecule has 4 N–H and O–H groups in total. The Kier molecular flexibility index (Phi) is 7.31. The van der Waals surface area contributed by atoms with Gasteiger partial charge in [-0.15, -0.1) is 0 Å². The van der Waals surface area contributed by atoms with E-state index in [0.717, 1.165) is 35.0 Å². The van der Waals surface area contributed by atoms with E-state index in [1.165, 1.54) is 6.20 Å². The number of para-hydroxylation sites is 1. The molecule has 30 heavy (non-hydrogen) atoms. The fourth-order valence-corrected chi connectivity index (χ4v) is 4.26. The van der Waals surface area contributed by atoms with Crippen LogP contribution in [-0.4, -0.2) is 46.5 Å². The molecular weight excluding hydrogens is 400 g/mol. The number of aromatic nitrogens is 1. The van der Waals surface area contributed by atoms with Crippen molar-refractivity contribution in [3.05, 3.63) is 59.6 Å². The summed E-state index contributed by atoms with van der Waals surface area (Å²) in [7, 11) is 1.89. The first-order valence-corrected chi connectivity index (χ1v) is 10.4. The molecule has 1 aromatic heterocycles. The number of nitrogens with one attached hydrogen (secondary N) is 2. The average molecular weight is 427 g/mol. The number of carbonyl (C=O) groups is 2. The highest BCUT2D eigenvalue weighted by molar-refractivity contribution is 7.97. The number of benzene rings is 1. The minimum atomic E-state index is -0.166. The average Bonchev–Trinajstić information content (AvgIpc) is 3.02. The molecule has 1 aliphatic heterocycles. The minimum Gasteiger partial charge on any atom is -0.405 e. The third-order valence-electron chi connectivity index (χ3n) is 4.91. The molecule has 1 aliphatic rings. The molecule has 1 aromatic carbocycles. The second-order valence-electron chi connectivity index (χ2n) is 6.83. The van der Waals surface area contributed by atoms with Crippen LogP contribution in [0.3, 0.4) is 0 Å². The molecule has 0 spiro atoms. The van der Waals surface area contributed by atoms with Gasteiger partial charge in [0.15, 0.2) is 0 Å². The van der Waals surface area contributed by atoms with Gasteiger partial charge in [0, 0.05) is 36.4 Å². The number of anilines is 1. The molecule has 0 saturated carbocycles. The first-order valence-electron chi connectivity index (χ1n) is 9.60. The van der Waals surface area contributed by atoms with Crippen molar-refractivity contribution in [2.75, 3.05) is 25.0 Å². The molecule has 2 aromatic rings. The number of carbonyl (C=O) groups excluding carboxylic acids is 2. The highest BCUT2D eigenvalue weighted by Gasteiger charge is 2.20. The van der Waals surface area contributed by atoms with Gasteiger partial charge >= 0.3 is 0 Å². The Bertz CT molecular complexity index is 982. The SMILES string of the molecule is Cc1c(SN2CCN=C(/C=C\N)C2)cc(C(=O)NCc2ccccc2NC=O)n1C. The van der Waals surface area contributed by atoms with Crippen LogP contribution in [0.4, 0.5) is 5.69 Å². The van der Waals surface area contributed by atoms with E-state index in [9.17, 15) is 9.59 Å². The van der Waals surface area contributed by atoms with E-state index in [0.29, 0.717) is 30.9 Å². The maximum absolute atomic E-state index is 12.8. The smallest absolute Gasteiger partial charge is 0.268 e. The first-order chi connectivity index (χ1) is 14.5. The normalized spacial score (nSPS) is 14.5. The molecular formula is C21H26N6O2S. The summed E-state index contributed by atoms with van der Waals surface area (Å²) in [5.41, 5.74) is 9.56. The highest BCUT2D eigenvalue weighted by atomic mass is 32.2. The Hall–Kier alpha value is -3.04. The van der Waals surface area contributed by atoms with Crippen LogP contribution in [0.5, 0.6) is 0 Å². The van der Waals surface area contributed by atoms with Gasteiger partial charge in [0.25, 0.3) is 5.91 Å². The largest absolute Gasteiger partial charge is 0.405 e. The van der Waals surface area contributed by atoms with Crippen LogP contribution in [-0.2, 0) is 18.4 Å². The zero-order valence-electron chi connectivity index (χ0n) is 17.1. The van der Waals surface area contributed by atoms with Crippen LogP contribution in [0.1, 0.15) is 21.7 Å². The van der Waals surface area contributed by atoms with Crippen molar-refractivity contribution in [2.24, 2.45) is 17.8 Å². The summed E-state index contributed by atoms with van der Waals surface area (Å²) in [6.07, 6.45) is 3.96. The van der Waals surface area contributed by atoms with Crippen molar-refractivity contribution in [3.8, 4) is 0 Å². The number of aliphatic imine (C=N–C) groups is 1. The lowest BCUT2D eigenvalue weighted by atomic mass is 10.1. The van der Waals surface area contributed by atoms with Gasteiger partial charge in [0.1, 0.15) is 5.69 Å². The second kappa shape index (κ2) is 10.1. The van der Waals surface area contributed by atoms with Crippen molar-refractivity contribution in [3.63, 3.8) is 0 Å². The zero-order valence-corrected chi connectivity index (χ0v) is 17.9. The quantitative estimate of drug-likeness (QED) is 0.443. The van der Waals surface area contributed by atoms with E-state index in [1.54, 1.807) is 18.0 Å². The topological polar surface area (TPSA) is 105 Å². The number of nitrogens with zero attached hydrogens (tertiary/aromatic N) is 3. The van der Waals surface area contributed by atoms with Crippen LogP contribution in [0.2, 0.25) is 0 Å². The summed E-state index contributed by atoms with van der Waals surface area (Å²) in [6, 6.07) is 9.29. The van der Waals surface area contributed by atoms with Gasteiger partial charge in [0.05, 0.1) is 18.8 Å². The third-order valence-corrected chi connectivity index (χ3v) is 6.09. The van der Waals surface area contributed by atoms with Gasteiger partial charge in [-0.25, -0.2) is 4.31 Å². The number of hydrogen-bond acceptors (Lipinski definition) is 6. The minimum absolute atomic E-state index is 0.166. The summed E-state index contributed by atoms with van der Waals surface area (Å²) < 4.78 is 4.11. The molecule has 0 bridgehead atoms. The summed E-state index contributed by atoms with van der Waals surface area (Å²) >= 11 is 1.62. The Morgan fingerprint density at radius 2 is 2.17 bits per heavy atom. The standard InChI is InChI=1S/C21H26N6O2S/c1-15-20(30-27-10-9-23-17(13-27)7-8-22)11-19(26(15)2)21(29)24-12-16-5-3-4-6-18(16)25-14-28/h3-8,11,14H,9-10,12-13,22H2,1-2H3,(H,24,29)(H,25,28)/b8-7-. The number of amides is 2. The number of hydrogen-bond donors (Lipinski definition) is 3. The lowest BCUT2D eigenvalue weighted by molar-refractivity contribution is -0.105. The Morgan fingerprint density at radius 3 is 2.93 bits per heavy atom. The van der Waals surface area contributed by atoms with E-state index in [-0.39, 0.29) is 5.91 Å². The van der Waals surface area contributed by atoms with Crippen LogP contribution in [0, 0.1) is 6.92 Å². The van der Waals surface area contributed by atoms with E-state index in [2.05, 4.69) is 19.9 Å². The third kappa shape index (κ3) is 5.11. The van der Waals surface area contributed by atoms with Gasteiger partial charge in [-0.3, -0.25) is 14.6 Å². The van der Waals surface area contributed by atoms with Gasteiger partial charge < -0.3 is 20.9 Å². The van der Waals surface area contributed by atoms with E-state index in [1.807, 2.05) is 48.9 Å². The summed E-state index contributed by atoms with van der Waals surface area (Å²) in [6.45, 7) is 4.58. The van der Waals surface area contributed by atoms with E-state index in [4.69, 9.17) is 5.73 Å². The van der Waals surface area contributed by atoms with Gasteiger partial charge in [-0.2, -0.15) is 0 Å². The molecule has 0 radical (unpaired) electrons. The molecule has 8 nitrogen and oxygen atoms in total. The molecule has 3 rings (SSSR count). The first kappa shape index (κ1) is 21.7. The van der Waals surface area contributed by atoms with Crippen molar-refractivity contribution in [2.45, 2.75) is 18.4 Å². The molecule has 9 heteroatoms. The van der Waals surface area contributed by atoms with E-state index >= 15 is 0 Å². The Labute approximate surface area is 180 Å². The zero-order chi connectivity index (χ0) is 21.5. The fourth-order valence-electron chi connectivity index (χ4n) is 3.17. The van der Waals surface area contributed by atoms with E-state index < -0.39 is 0 Å². The van der Waals surface area contributed by atoms with Crippen LogP contribution < -0.4 is 16.4 Å². The molecule has 0 aliphatic carbocycles. The lowest BCUT2D eigenvalue weighted by Gasteiger charge is -2.24. The van der Waals surface area contributed by atoms with Gasteiger partial charge in [-0.1, -0.05) is 18.2 Å². The second-order valence-corrected chi connectivity index (χ2v) is 7.97. The predicted molar refractivity (Wildman–Crippen MR) is 121 cm³/mol. The fraction of sp³-hybridized carbons (Fsp3) is 0.286. The highest BCUT2D eigenvalue weighted by Crippen LogP contribution is 2.29. The van der Waals surface area contributed by atoms with Crippen molar-refractivity contribution in [1.29, 1.82) is 0 Å². The van der Waals surface area contributed by atoms with Crippen LogP contribution in [0.25, 0.3) is 0 Å². The summed E-state index contributed by atoms with van der Waals surface area (Å²) in [5, 5.41) is 5.60. The van der Waals surface area contributed by atoms with Crippen molar-refractivity contribution in [1.82, 2.24) is 14.2 Å². The summed E-state index contributed by atoms with van der Waals surface area (Å²) in [5.74, 6) is -0.166. The number of rotatable bonds is 8. The maximum Gasteiger partial charge on any atom is 0.268 e. The predicted octanol–water partition coefficient (Wildman–Crippen LogP) is 2.07. The molecule has 0 fully saturated rings. The van der Waals surface area contributed by atoms with Gasteiger partial charge in [0.2, 0.25) is 6.41 Å².